The zero-order valence-corrected chi connectivity index (χ0v) is 17.5. The van der Waals surface area contributed by atoms with Gasteiger partial charge in [0.15, 0.2) is 6.54 Å². The molecule has 148 valence electrons. The van der Waals surface area contributed by atoms with Crippen molar-refractivity contribution >= 4 is 27.7 Å². The lowest BCUT2D eigenvalue weighted by Crippen LogP contribution is -3.10. The van der Waals surface area contributed by atoms with E-state index in [-0.39, 0.29) is 18.4 Å². The van der Waals surface area contributed by atoms with Crippen LogP contribution in [0.2, 0.25) is 0 Å². The highest BCUT2D eigenvalue weighted by Crippen LogP contribution is 2.10. The highest BCUT2D eigenvalue weighted by Gasteiger charge is 2.16. The molecule has 0 spiro atoms. The van der Waals surface area contributed by atoms with Crippen LogP contribution < -0.4 is 15.8 Å². The van der Waals surface area contributed by atoms with Crippen LogP contribution in [0.1, 0.15) is 21.5 Å². The summed E-state index contributed by atoms with van der Waals surface area (Å²) in [6.45, 7) is 1.66. The van der Waals surface area contributed by atoms with Crippen LogP contribution in [0.15, 0.2) is 89.4 Å². The number of carbonyl (C=O) groups excluding carboxylic acids is 2. The molecule has 0 unspecified atom stereocenters. The molecule has 0 saturated heterocycles. The average Bonchev–Trinajstić information content (AvgIpc) is 2.74. The summed E-state index contributed by atoms with van der Waals surface area (Å²) >= 11 is 3.33. The van der Waals surface area contributed by atoms with E-state index in [4.69, 9.17) is 0 Å². The van der Waals surface area contributed by atoms with Gasteiger partial charge in [0, 0.05) is 21.2 Å². The lowest BCUT2D eigenvalue weighted by molar-refractivity contribution is -0.919. The summed E-state index contributed by atoms with van der Waals surface area (Å²) < 4.78 is 0.888. The van der Waals surface area contributed by atoms with Gasteiger partial charge in [0.05, 0.1) is 0 Å². The van der Waals surface area contributed by atoms with Gasteiger partial charge in [-0.25, -0.2) is 0 Å². The number of hydrazine groups is 1. The lowest BCUT2D eigenvalue weighted by Gasteiger charge is -2.19. The van der Waals surface area contributed by atoms with Crippen LogP contribution in [0, 0.1) is 0 Å². The van der Waals surface area contributed by atoms with E-state index in [2.05, 4.69) is 51.0 Å². The topological polar surface area (TPSA) is 62.6 Å². The van der Waals surface area contributed by atoms with Gasteiger partial charge >= 0.3 is 0 Å². The molecular weight excluding hydrogens is 430 g/mol. The van der Waals surface area contributed by atoms with Gasteiger partial charge in [-0.3, -0.25) is 20.4 Å². The fourth-order valence-electron chi connectivity index (χ4n) is 3.03. The molecule has 29 heavy (non-hydrogen) atoms. The highest BCUT2D eigenvalue weighted by atomic mass is 79.9. The fourth-order valence-corrected chi connectivity index (χ4v) is 3.29. The molecule has 0 aliphatic rings. The number of hydrogen-bond acceptors (Lipinski definition) is 2. The third-order valence-corrected chi connectivity index (χ3v) is 4.95. The Balaban J connectivity index is 1.59. The molecule has 0 heterocycles. The standard InChI is InChI=1S/C23H22BrN3O2/c24-21-13-11-20(12-14-21)23(29)26-25-22(28)17-27(15-18-7-3-1-4-8-18)16-19-9-5-2-6-10-19/h1-14H,15-17H2,(H,25,28)(H,26,29)/p+1. The molecule has 3 aromatic rings. The van der Waals surface area contributed by atoms with Gasteiger partial charge in [-0.1, -0.05) is 76.6 Å². The maximum absolute atomic E-state index is 12.5. The third kappa shape index (κ3) is 6.85. The lowest BCUT2D eigenvalue weighted by atomic mass is 10.1. The van der Waals surface area contributed by atoms with E-state index in [9.17, 15) is 9.59 Å². The summed E-state index contributed by atoms with van der Waals surface area (Å²) in [7, 11) is 0. The van der Waals surface area contributed by atoms with Crippen LogP contribution in [-0.4, -0.2) is 18.4 Å². The van der Waals surface area contributed by atoms with Crippen molar-refractivity contribution in [2.45, 2.75) is 13.1 Å². The van der Waals surface area contributed by atoms with Crippen molar-refractivity contribution in [3.63, 3.8) is 0 Å². The quantitative estimate of drug-likeness (QED) is 0.482. The molecule has 0 saturated carbocycles. The first-order valence-corrected chi connectivity index (χ1v) is 10.2. The van der Waals surface area contributed by atoms with Crippen molar-refractivity contribution in [2.24, 2.45) is 0 Å². The van der Waals surface area contributed by atoms with Crippen molar-refractivity contribution in [2.75, 3.05) is 6.54 Å². The monoisotopic (exact) mass is 452 g/mol. The van der Waals surface area contributed by atoms with Gasteiger partial charge < -0.3 is 4.90 Å². The minimum atomic E-state index is -0.349. The predicted octanol–water partition coefficient (Wildman–Crippen LogP) is 2.50. The van der Waals surface area contributed by atoms with E-state index in [1.165, 1.54) is 0 Å². The Morgan fingerprint density at radius 3 is 1.76 bits per heavy atom. The van der Waals surface area contributed by atoms with Crippen LogP contribution in [0.25, 0.3) is 0 Å². The molecule has 0 aliphatic carbocycles. The molecular formula is C23H23BrN3O2+. The predicted molar refractivity (Wildman–Crippen MR) is 116 cm³/mol. The molecule has 5 nitrogen and oxygen atoms in total. The van der Waals surface area contributed by atoms with Crippen LogP contribution in [0.4, 0.5) is 0 Å². The molecule has 6 heteroatoms. The second-order valence-corrected chi connectivity index (χ2v) is 7.68. The van der Waals surface area contributed by atoms with Crippen molar-refractivity contribution in [3.8, 4) is 0 Å². The molecule has 3 N–H and O–H groups in total. The van der Waals surface area contributed by atoms with Gasteiger partial charge in [0.2, 0.25) is 0 Å². The van der Waals surface area contributed by atoms with Gasteiger partial charge in [-0.2, -0.15) is 0 Å². The Kier molecular flexibility index (Phi) is 7.55. The highest BCUT2D eigenvalue weighted by molar-refractivity contribution is 9.10. The second kappa shape index (κ2) is 10.5. The van der Waals surface area contributed by atoms with E-state index in [0.29, 0.717) is 18.7 Å². The summed E-state index contributed by atoms with van der Waals surface area (Å²) in [5.41, 5.74) is 7.80. The number of quaternary nitrogens is 1. The Bertz CT molecular complexity index is 890. The zero-order valence-electron chi connectivity index (χ0n) is 15.9. The van der Waals surface area contributed by atoms with E-state index >= 15 is 0 Å². The molecule has 0 aromatic heterocycles. The number of rotatable bonds is 7. The minimum absolute atomic E-state index is 0.239. The summed E-state index contributed by atoms with van der Waals surface area (Å²) in [4.78, 5) is 25.7. The molecule has 3 aromatic carbocycles. The first-order chi connectivity index (χ1) is 14.1. The average molecular weight is 453 g/mol. The minimum Gasteiger partial charge on any atom is -0.320 e. The number of nitrogens with one attached hydrogen (secondary N) is 3. The van der Waals surface area contributed by atoms with Gasteiger partial charge in [-0.15, -0.1) is 0 Å². The number of halogens is 1. The van der Waals surface area contributed by atoms with E-state index in [0.717, 1.165) is 20.5 Å². The summed E-state index contributed by atoms with van der Waals surface area (Å²) in [5.74, 6) is -0.587. The number of benzene rings is 3. The summed E-state index contributed by atoms with van der Waals surface area (Å²) in [6, 6.07) is 27.1. The number of hydrogen-bond donors (Lipinski definition) is 3. The van der Waals surface area contributed by atoms with Crippen LogP contribution >= 0.6 is 15.9 Å². The maximum Gasteiger partial charge on any atom is 0.293 e. The van der Waals surface area contributed by atoms with E-state index in [1.54, 1.807) is 24.3 Å². The van der Waals surface area contributed by atoms with Crippen molar-refractivity contribution in [3.05, 3.63) is 106 Å². The fraction of sp³-hybridized carbons (Fsp3) is 0.130. The SMILES string of the molecule is O=C(C[NH+](Cc1ccccc1)Cc1ccccc1)NNC(=O)c1ccc(Br)cc1. The summed E-state index contributed by atoms with van der Waals surface area (Å²) in [6.07, 6.45) is 0. The van der Waals surface area contributed by atoms with Crippen LogP contribution in [0.3, 0.4) is 0 Å². The van der Waals surface area contributed by atoms with Gasteiger partial charge in [0.25, 0.3) is 11.8 Å². The zero-order chi connectivity index (χ0) is 20.5. The van der Waals surface area contributed by atoms with E-state index in [1.807, 2.05) is 36.4 Å². The first-order valence-electron chi connectivity index (χ1n) is 9.36. The third-order valence-electron chi connectivity index (χ3n) is 4.43. The Morgan fingerprint density at radius 1 is 0.724 bits per heavy atom. The second-order valence-electron chi connectivity index (χ2n) is 6.76. The first kappa shape index (κ1) is 20.8. The molecule has 0 bridgehead atoms. The Labute approximate surface area is 178 Å². The number of carbonyl (C=O) groups is 2. The largest absolute Gasteiger partial charge is 0.320 e. The molecule has 0 radical (unpaired) electrons. The van der Waals surface area contributed by atoms with Crippen LogP contribution in [0.5, 0.6) is 0 Å². The van der Waals surface area contributed by atoms with Crippen molar-refractivity contribution in [1.29, 1.82) is 0 Å². The molecule has 0 fully saturated rings. The van der Waals surface area contributed by atoms with Gasteiger partial charge in [0.1, 0.15) is 13.1 Å². The van der Waals surface area contributed by atoms with Gasteiger partial charge in [-0.05, 0) is 24.3 Å². The molecule has 0 atom stereocenters. The normalized spacial score (nSPS) is 10.6. The smallest absolute Gasteiger partial charge is 0.293 e. The molecule has 0 aliphatic heterocycles. The summed E-state index contributed by atoms with van der Waals surface area (Å²) in [5, 5.41) is 0. The Hall–Kier alpha value is -2.96. The number of amides is 2. The van der Waals surface area contributed by atoms with Crippen molar-refractivity contribution in [1.82, 2.24) is 10.9 Å². The van der Waals surface area contributed by atoms with Crippen molar-refractivity contribution < 1.29 is 14.5 Å². The van der Waals surface area contributed by atoms with E-state index < -0.39 is 0 Å². The molecule has 2 amide bonds. The van der Waals surface area contributed by atoms with Crippen LogP contribution in [-0.2, 0) is 17.9 Å². The Morgan fingerprint density at radius 2 is 1.24 bits per heavy atom. The maximum atomic E-state index is 12.5. The molecule has 3 rings (SSSR count).